The third-order valence-electron chi connectivity index (χ3n) is 4.70. The monoisotopic (exact) mass is 370 g/mol. The summed E-state index contributed by atoms with van der Waals surface area (Å²) in [5, 5.41) is 12.1. The average molecular weight is 371 g/mol. The fourth-order valence-electron chi connectivity index (χ4n) is 3.39. The lowest BCUT2D eigenvalue weighted by Gasteiger charge is -2.24. The molecule has 0 spiro atoms. The summed E-state index contributed by atoms with van der Waals surface area (Å²) in [4.78, 5) is 12.4. The Hall–Kier alpha value is -2.60. The molecule has 4 rings (SSSR count). The van der Waals surface area contributed by atoms with Crippen LogP contribution in [0.2, 0.25) is 5.02 Å². The Morgan fingerprint density at radius 1 is 1.42 bits per heavy atom. The van der Waals surface area contributed by atoms with Crippen LogP contribution in [0, 0.1) is 6.92 Å². The number of carbonyl (C=O) groups excluding carboxylic acids is 1. The van der Waals surface area contributed by atoms with Crippen LogP contribution in [-0.2, 0) is 13.0 Å². The highest BCUT2D eigenvalue weighted by Crippen LogP contribution is 2.30. The molecule has 0 bridgehead atoms. The zero-order chi connectivity index (χ0) is 18.1. The van der Waals surface area contributed by atoms with Crippen LogP contribution in [-0.4, -0.2) is 20.8 Å². The summed E-state index contributed by atoms with van der Waals surface area (Å²) in [7, 11) is 0. The van der Waals surface area contributed by atoms with E-state index in [1.54, 1.807) is 13.0 Å². The first-order chi connectivity index (χ1) is 12.6. The van der Waals surface area contributed by atoms with Gasteiger partial charge in [0.2, 0.25) is 5.76 Å². The Balaban J connectivity index is 1.55. The third kappa shape index (κ3) is 3.24. The number of aryl methyl sites for hydroxylation is 1. The molecule has 2 heterocycles. The minimum absolute atomic E-state index is 0.0725. The smallest absolute Gasteiger partial charge is 0.290 e. The molecule has 0 saturated carbocycles. The van der Waals surface area contributed by atoms with Gasteiger partial charge in [-0.1, -0.05) is 35.0 Å². The van der Waals surface area contributed by atoms with E-state index >= 15 is 0 Å². The first kappa shape index (κ1) is 16.8. The van der Waals surface area contributed by atoms with Crippen LogP contribution in [0.25, 0.3) is 0 Å². The van der Waals surface area contributed by atoms with Crippen molar-refractivity contribution in [1.82, 2.24) is 20.3 Å². The SMILES string of the molecule is Cc1cc(C(=O)N[C@H]2CCCc3c2cnn3Cc2ccccc2Cl)on1. The Morgan fingerprint density at radius 2 is 2.27 bits per heavy atom. The molecule has 134 valence electrons. The number of hydrogen-bond donors (Lipinski definition) is 1. The lowest BCUT2D eigenvalue weighted by Crippen LogP contribution is -2.30. The van der Waals surface area contributed by atoms with Crippen molar-refractivity contribution in [2.75, 3.05) is 0 Å². The van der Waals surface area contributed by atoms with Crippen molar-refractivity contribution in [2.24, 2.45) is 0 Å². The summed E-state index contributed by atoms with van der Waals surface area (Å²) < 4.78 is 7.04. The van der Waals surface area contributed by atoms with Crippen LogP contribution in [0.3, 0.4) is 0 Å². The first-order valence-electron chi connectivity index (χ1n) is 8.64. The quantitative estimate of drug-likeness (QED) is 0.760. The Labute approximate surface area is 156 Å². The van der Waals surface area contributed by atoms with E-state index in [-0.39, 0.29) is 17.7 Å². The molecule has 1 amide bonds. The van der Waals surface area contributed by atoms with Crippen molar-refractivity contribution >= 4 is 17.5 Å². The van der Waals surface area contributed by atoms with E-state index < -0.39 is 0 Å². The molecule has 7 heteroatoms. The van der Waals surface area contributed by atoms with Gasteiger partial charge in [0.15, 0.2) is 0 Å². The predicted molar refractivity (Wildman–Crippen MR) is 97.2 cm³/mol. The van der Waals surface area contributed by atoms with Crippen molar-refractivity contribution in [3.63, 3.8) is 0 Å². The zero-order valence-corrected chi connectivity index (χ0v) is 15.2. The second-order valence-corrected chi connectivity index (χ2v) is 6.95. The molecule has 1 aliphatic carbocycles. The predicted octanol–water partition coefficient (Wildman–Crippen LogP) is 3.69. The molecule has 26 heavy (non-hydrogen) atoms. The summed E-state index contributed by atoms with van der Waals surface area (Å²) in [6.45, 7) is 2.41. The van der Waals surface area contributed by atoms with Gasteiger partial charge in [-0.25, -0.2) is 0 Å². The number of nitrogens with zero attached hydrogens (tertiary/aromatic N) is 3. The van der Waals surface area contributed by atoms with Gasteiger partial charge >= 0.3 is 0 Å². The number of aromatic nitrogens is 3. The number of hydrogen-bond acceptors (Lipinski definition) is 4. The van der Waals surface area contributed by atoms with Gasteiger partial charge < -0.3 is 9.84 Å². The molecule has 3 aromatic rings. The third-order valence-corrected chi connectivity index (χ3v) is 5.07. The van der Waals surface area contributed by atoms with Gasteiger partial charge in [-0.2, -0.15) is 5.10 Å². The van der Waals surface area contributed by atoms with Gasteiger partial charge in [0.05, 0.1) is 24.5 Å². The molecule has 1 atom stereocenters. The summed E-state index contributed by atoms with van der Waals surface area (Å²) >= 11 is 6.28. The fraction of sp³-hybridized carbons (Fsp3) is 0.316. The lowest BCUT2D eigenvalue weighted by atomic mass is 9.93. The fourth-order valence-corrected chi connectivity index (χ4v) is 3.59. The highest BCUT2D eigenvalue weighted by Gasteiger charge is 2.27. The minimum Gasteiger partial charge on any atom is -0.351 e. The maximum absolute atomic E-state index is 12.4. The van der Waals surface area contributed by atoms with E-state index in [0.29, 0.717) is 12.2 Å². The standard InChI is InChI=1S/C19H19ClN4O2/c1-12-9-18(26-23-12)19(25)22-16-7-4-8-17-14(16)10-21-24(17)11-13-5-2-3-6-15(13)20/h2-3,5-6,9-10,16H,4,7-8,11H2,1H3,(H,22,25)/t16-/m0/s1. The average Bonchev–Trinajstić information content (AvgIpc) is 3.24. The maximum Gasteiger partial charge on any atom is 0.290 e. The molecule has 0 saturated heterocycles. The second-order valence-electron chi connectivity index (χ2n) is 6.55. The summed E-state index contributed by atoms with van der Waals surface area (Å²) in [6, 6.07) is 9.34. The van der Waals surface area contributed by atoms with Gasteiger partial charge in [-0.15, -0.1) is 0 Å². The molecule has 0 fully saturated rings. The van der Waals surface area contributed by atoms with E-state index in [0.717, 1.165) is 41.1 Å². The van der Waals surface area contributed by atoms with E-state index in [4.69, 9.17) is 16.1 Å². The molecule has 0 radical (unpaired) electrons. The topological polar surface area (TPSA) is 73.0 Å². The molecule has 1 aliphatic rings. The van der Waals surface area contributed by atoms with E-state index in [1.165, 1.54) is 0 Å². The Bertz CT molecular complexity index is 947. The van der Waals surface area contributed by atoms with Gasteiger partial charge in [-0.3, -0.25) is 9.48 Å². The number of rotatable bonds is 4. The second kappa shape index (κ2) is 6.96. The van der Waals surface area contributed by atoms with Crippen molar-refractivity contribution in [3.05, 3.63) is 69.8 Å². The van der Waals surface area contributed by atoms with Crippen LogP contribution in [0.5, 0.6) is 0 Å². The summed E-state index contributed by atoms with van der Waals surface area (Å²) in [5.41, 5.74) is 3.93. The van der Waals surface area contributed by atoms with E-state index in [2.05, 4.69) is 15.6 Å². The Kier molecular flexibility index (Phi) is 4.51. The van der Waals surface area contributed by atoms with Gasteiger partial charge in [0.1, 0.15) is 0 Å². The number of benzene rings is 1. The molecular weight excluding hydrogens is 352 g/mol. The number of fused-ring (bicyclic) bond motifs is 1. The first-order valence-corrected chi connectivity index (χ1v) is 9.02. The number of amides is 1. The van der Waals surface area contributed by atoms with Crippen LogP contribution in [0.15, 0.2) is 41.1 Å². The highest BCUT2D eigenvalue weighted by atomic mass is 35.5. The van der Waals surface area contributed by atoms with Gasteiger partial charge in [0, 0.05) is 22.3 Å². The molecule has 1 N–H and O–H groups in total. The molecule has 6 nitrogen and oxygen atoms in total. The Morgan fingerprint density at radius 3 is 3.04 bits per heavy atom. The molecule has 2 aromatic heterocycles. The van der Waals surface area contributed by atoms with Gasteiger partial charge in [0.25, 0.3) is 5.91 Å². The minimum atomic E-state index is -0.248. The van der Waals surface area contributed by atoms with Crippen molar-refractivity contribution in [2.45, 2.75) is 38.8 Å². The normalized spacial score (nSPS) is 16.3. The van der Waals surface area contributed by atoms with E-state index in [9.17, 15) is 4.79 Å². The molecule has 1 aromatic carbocycles. The highest BCUT2D eigenvalue weighted by molar-refractivity contribution is 6.31. The summed E-state index contributed by atoms with van der Waals surface area (Å²) in [6.07, 6.45) is 4.65. The lowest BCUT2D eigenvalue weighted by molar-refractivity contribution is 0.0895. The van der Waals surface area contributed by atoms with Crippen molar-refractivity contribution in [3.8, 4) is 0 Å². The molecule has 0 aliphatic heterocycles. The largest absolute Gasteiger partial charge is 0.351 e. The van der Waals surface area contributed by atoms with Crippen molar-refractivity contribution in [1.29, 1.82) is 0 Å². The van der Waals surface area contributed by atoms with Crippen LogP contribution < -0.4 is 5.32 Å². The van der Waals surface area contributed by atoms with Crippen LogP contribution >= 0.6 is 11.6 Å². The number of carbonyl (C=O) groups is 1. The number of halogens is 1. The molecular formula is C19H19ClN4O2. The van der Waals surface area contributed by atoms with E-state index in [1.807, 2.05) is 35.1 Å². The zero-order valence-electron chi connectivity index (χ0n) is 14.4. The van der Waals surface area contributed by atoms with Crippen molar-refractivity contribution < 1.29 is 9.32 Å². The van der Waals surface area contributed by atoms with Crippen LogP contribution in [0.4, 0.5) is 0 Å². The molecule has 0 unspecified atom stereocenters. The van der Waals surface area contributed by atoms with Crippen LogP contribution in [0.1, 0.15) is 52.0 Å². The van der Waals surface area contributed by atoms with Gasteiger partial charge in [-0.05, 0) is 37.8 Å². The number of nitrogens with one attached hydrogen (secondary N) is 1. The summed E-state index contributed by atoms with van der Waals surface area (Å²) in [5.74, 6) is -0.0135. The maximum atomic E-state index is 12.4.